The molecule has 5 nitrogen and oxygen atoms in total. The van der Waals surface area contributed by atoms with E-state index in [4.69, 9.17) is 13.3 Å². The molecule has 4 heterocycles. The minimum absolute atomic E-state index is 0.838. The quantitative estimate of drug-likeness (QED) is 0.175. The van der Waals surface area contributed by atoms with Crippen LogP contribution in [0, 0.1) is 0 Å². The van der Waals surface area contributed by atoms with Crippen LogP contribution in [0.1, 0.15) is 0 Å². The average molecular weight is 757 g/mol. The Balaban J connectivity index is 1.08. The number of aromatic nitrogens is 1. The molecule has 13 aromatic rings. The molecule has 276 valence electrons. The van der Waals surface area contributed by atoms with Crippen LogP contribution in [0.25, 0.3) is 104 Å². The van der Waals surface area contributed by atoms with Gasteiger partial charge in [0.05, 0.1) is 22.1 Å². The molecule has 0 aliphatic rings. The van der Waals surface area contributed by atoms with Crippen LogP contribution in [0.5, 0.6) is 0 Å². The van der Waals surface area contributed by atoms with Crippen molar-refractivity contribution in [3.05, 3.63) is 194 Å². The minimum atomic E-state index is 0.838. The third kappa shape index (κ3) is 4.73. The first-order chi connectivity index (χ1) is 29.2. The van der Waals surface area contributed by atoms with Crippen LogP contribution in [-0.4, -0.2) is 4.57 Å². The maximum absolute atomic E-state index is 6.94. The van der Waals surface area contributed by atoms with Crippen molar-refractivity contribution in [2.24, 2.45) is 0 Å². The van der Waals surface area contributed by atoms with Crippen molar-refractivity contribution >= 4 is 105 Å². The van der Waals surface area contributed by atoms with Crippen LogP contribution in [0.3, 0.4) is 0 Å². The van der Waals surface area contributed by atoms with Gasteiger partial charge < -0.3 is 22.7 Å². The lowest BCUT2D eigenvalue weighted by atomic mass is 9.98. The number of rotatable bonds is 5. The zero-order chi connectivity index (χ0) is 38.6. The van der Waals surface area contributed by atoms with Gasteiger partial charge in [0.15, 0.2) is 0 Å². The van der Waals surface area contributed by atoms with E-state index in [0.29, 0.717) is 0 Å². The lowest BCUT2D eigenvalue weighted by Crippen LogP contribution is -2.10. The Morgan fingerprint density at radius 2 is 0.898 bits per heavy atom. The number of hydrogen-bond acceptors (Lipinski definition) is 4. The summed E-state index contributed by atoms with van der Waals surface area (Å²) in [7, 11) is 0. The smallest absolute Gasteiger partial charge is 0.145 e. The molecule has 5 heteroatoms. The van der Waals surface area contributed by atoms with Crippen molar-refractivity contribution < 1.29 is 13.3 Å². The van der Waals surface area contributed by atoms with Gasteiger partial charge in [-0.05, 0) is 103 Å². The molecular weight excluding hydrogens is 725 g/mol. The molecule has 0 amide bonds. The molecule has 0 fully saturated rings. The van der Waals surface area contributed by atoms with Gasteiger partial charge in [0, 0.05) is 60.3 Å². The summed E-state index contributed by atoms with van der Waals surface area (Å²) in [6.07, 6.45) is 0. The summed E-state index contributed by atoms with van der Waals surface area (Å²) >= 11 is 0. The number of benzene rings is 9. The van der Waals surface area contributed by atoms with Gasteiger partial charge >= 0.3 is 0 Å². The highest BCUT2D eigenvalue weighted by atomic mass is 16.3. The first kappa shape index (κ1) is 32.1. The standard InChI is InChI=1S/C54H32N2O3/c1-2-12-34(13-3-1)56-45-18-8-4-14-38(45)42-30-33(22-26-46(42)56)37-25-27-47(53-41-17-7-11-21-50(41)59-54(37)53)55(35-23-28-51-43(31-35)39-15-5-9-19-48(39)57-51)36-24-29-52-44(32-36)40-16-6-10-20-49(40)58-52/h1-32H. The van der Waals surface area contributed by atoms with E-state index >= 15 is 0 Å². The predicted molar refractivity (Wildman–Crippen MR) is 243 cm³/mol. The number of para-hydroxylation sites is 5. The van der Waals surface area contributed by atoms with E-state index in [2.05, 4.69) is 173 Å². The van der Waals surface area contributed by atoms with Crippen LogP contribution < -0.4 is 4.90 Å². The largest absolute Gasteiger partial charge is 0.456 e. The summed E-state index contributed by atoms with van der Waals surface area (Å²) < 4.78 is 21.9. The molecule has 13 rings (SSSR count). The second-order valence-electron chi connectivity index (χ2n) is 15.2. The molecule has 59 heavy (non-hydrogen) atoms. The van der Waals surface area contributed by atoms with Crippen LogP contribution in [0.4, 0.5) is 17.1 Å². The Morgan fingerprint density at radius 1 is 0.356 bits per heavy atom. The highest BCUT2D eigenvalue weighted by molar-refractivity contribution is 6.19. The van der Waals surface area contributed by atoms with Crippen LogP contribution in [0.15, 0.2) is 207 Å². The molecule has 0 saturated heterocycles. The summed E-state index contributed by atoms with van der Waals surface area (Å²) in [5.41, 5.74) is 13.7. The minimum Gasteiger partial charge on any atom is -0.456 e. The number of fused-ring (bicyclic) bond motifs is 12. The highest BCUT2D eigenvalue weighted by Crippen LogP contribution is 2.48. The maximum Gasteiger partial charge on any atom is 0.145 e. The third-order valence-corrected chi connectivity index (χ3v) is 12.0. The normalized spacial score (nSPS) is 12.1. The Bertz CT molecular complexity index is 3690. The molecule has 4 aromatic heterocycles. The van der Waals surface area contributed by atoms with E-state index in [1.807, 2.05) is 30.3 Å². The molecule has 0 saturated carbocycles. The van der Waals surface area contributed by atoms with Crippen molar-refractivity contribution in [1.82, 2.24) is 4.57 Å². The zero-order valence-corrected chi connectivity index (χ0v) is 31.6. The number of furan rings is 3. The molecule has 9 aromatic carbocycles. The summed E-state index contributed by atoms with van der Waals surface area (Å²) in [4.78, 5) is 2.35. The summed E-state index contributed by atoms with van der Waals surface area (Å²) in [6.45, 7) is 0. The molecule has 0 aliphatic heterocycles. The maximum atomic E-state index is 6.94. The van der Waals surface area contributed by atoms with E-state index in [1.54, 1.807) is 0 Å². The molecule has 0 spiro atoms. The summed E-state index contributed by atoms with van der Waals surface area (Å²) in [6, 6.07) is 68.4. The lowest BCUT2D eigenvalue weighted by molar-refractivity contribution is 0.668. The summed E-state index contributed by atoms with van der Waals surface area (Å²) in [5, 5.41) is 8.78. The molecule has 0 N–H and O–H groups in total. The van der Waals surface area contributed by atoms with Gasteiger partial charge in [-0.25, -0.2) is 0 Å². The van der Waals surface area contributed by atoms with Crippen molar-refractivity contribution in [3.8, 4) is 16.8 Å². The van der Waals surface area contributed by atoms with Gasteiger partial charge in [0.25, 0.3) is 0 Å². The molecule has 0 atom stereocenters. The monoisotopic (exact) mass is 756 g/mol. The van der Waals surface area contributed by atoms with Gasteiger partial charge in [0.1, 0.15) is 33.5 Å². The lowest BCUT2D eigenvalue weighted by Gasteiger charge is -2.27. The van der Waals surface area contributed by atoms with Crippen molar-refractivity contribution in [2.75, 3.05) is 4.90 Å². The topological polar surface area (TPSA) is 47.6 Å². The fourth-order valence-electron chi connectivity index (χ4n) is 9.35. The van der Waals surface area contributed by atoms with E-state index in [0.717, 1.165) is 105 Å². The van der Waals surface area contributed by atoms with Crippen molar-refractivity contribution in [2.45, 2.75) is 0 Å². The predicted octanol–water partition coefficient (Wildman–Crippen LogP) is 15.6. The number of nitrogens with zero attached hydrogens (tertiary/aromatic N) is 2. The molecule has 0 unspecified atom stereocenters. The van der Waals surface area contributed by atoms with Gasteiger partial charge in [0.2, 0.25) is 0 Å². The fraction of sp³-hybridized carbons (Fsp3) is 0. The van der Waals surface area contributed by atoms with E-state index in [9.17, 15) is 0 Å². The van der Waals surface area contributed by atoms with E-state index < -0.39 is 0 Å². The van der Waals surface area contributed by atoms with Crippen LogP contribution >= 0.6 is 0 Å². The Kier molecular flexibility index (Phi) is 6.66. The van der Waals surface area contributed by atoms with E-state index in [1.165, 1.54) is 16.3 Å². The molecular formula is C54H32N2O3. The van der Waals surface area contributed by atoms with Gasteiger partial charge in [-0.1, -0.05) is 97.1 Å². The molecule has 0 bridgehead atoms. The Morgan fingerprint density at radius 3 is 1.58 bits per heavy atom. The summed E-state index contributed by atoms with van der Waals surface area (Å²) in [5.74, 6) is 0. The second-order valence-corrected chi connectivity index (χ2v) is 15.2. The fourth-order valence-corrected chi connectivity index (χ4v) is 9.35. The SMILES string of the molecule is c1ccc(-n2c3ccccc3c3cc(-c4ccc(N(c5ccc6oc7ccccc7c6c5)c5ccc6oc7ccccc7c6c5)c5c4oc4ccccc45)ccc32)cc1. The molecule has 0 radical (unpaired) electrons. The zero-order valence-electron chi connectivity index (χ0n) is 31.6. The average Bonchev–Trinajstić information content (AvgIpc) is 4.06. The first-order valence-corrected chi connectivity index (χ1v) is 19.9. The van der Waals surface area contributed by atoms with E-state index in [-0.39, 0.29) is 0 Å². The van der Waals surface area contributed by atoms with Crippen molar-refractivity contribution in [1.29, 1.82) is 0 Å². The van der Waals surface area contributed by atoms with Gasteiger partial charge in [-0.2, -0.15) is 0 Å². The Hall–Kier alpha value is -8.02. The second kappa shape index (κ2) is 12.2. The van der Waals surface area contributed by atoms with Crippen LogP contribution in [0.2, 0.25) is 0 Å². The molecule has 0 aliphatic carbocycles. The van der Waals surface area contributed by atoms with Gasteiger partial charge in [-0.15, -0.1) is 0 Å². The van der Waals surface area contributed by atoms with Crippen LogP contribution in [-0.2, 0) is 0 Å². The highest BCUT2D eigenvalue weighted by Gasteiger charge is 2.24. The number of anilines is 3. The van der Waals surface area contributed by atoms with Crippen molar-refractivity contribution in [3.63, 3.8) is 0 Å². The third-order valence-electron chi connectivity index (χ3n) is 12.0. The number of hydrogen-bond donors (Lipinski definition) is 0. The van der Waals surface area contributed by atoms with Gasteiger partial charge in [-0.3, -0.25) is 0 Å². The first-order valence-electron chi connectivity index (χ1n) is 19.9. The Labute approximate surface area is 337 Å².